The van der Waals surface area contributed by atoms with E-state index >= 15 is 0 Å². The van der Waals surface area contributed by atoms with Crippen LogP contribution in [0.4, 0.5) is 0 Å². The second-order valence-corrected chi connectivity index (χ2v) is 8.93. The number of carbonyl (C=O) groups excluding carboxylic acids is 2. The molecule has 0 bridgehead atoms. The minimum absolute atomic E-state index is 0.286. The fourth-order valence-electron chi connectivity index (χ4n) is 4.39. The van der Waals surface area contributed by atoms with E-state index in [0.717, 1.165) is 11.1 Å². The monoisotopic (exact) mass is 438 g/mol. The molecule has 0 aromatic heterocycles. The summed E-state index contributed by atoms with van der Waals surface area (Å²) in [5.74, 6) is -3.00. The molecule has 4 atom stereocenters. The summed E-state index contributed by atoms with van der Waals surface area (Å²) < 4.78 is 4.86. The number of benzene rings is 2. The number of esters is 1. The predicted molar refractivity (Wildman–Crippen MR) is 121 cm³/mol. The number of hydrogen-bond donors (Lipinski definition) is 1. The molecule has 32 heavy (non-hydrogen) atoms. The summed E-state index contributed by atoms with van der Waals surface area (Å²) in [6.07, 6.45) is 0. The normalized spacial score (nSPS) is 23.2. The summed E-state index contributed by atoms with van der Waals surface area (Å²) in [6, 6.07) is 12.7. The Morgan fingerprint density at radius 3 is 1.81 bits per heavy atom. The molecule has 2 aromatic rings. The van der Waals surface area contributed by atoms with Crippen molar-refractivity contribution in [1.82, 2.24) is 5.32 Å². The highest BCUT2D eigenvalue weighted by molar-refractivity contribution is 6.00. The van der Waals surface area contributed by atoms with Crippen molar-refractivity contribution in [2.75, 3.05) is 7.11 Å². The number of methoxy groups -OCH3 is 1. The fraction of sp³-hybridized carbons (Fsp3) is 0.440. The first kappa shape index (κ1) is 23.4. The summed E-state index contributed by atoms with van der Waals surface area (Å²) in [7, 11) is 1.19. The molecule has 1 amide bonds. The zero-order chi connectivity index (χ0) is 23.6. The molecule has 2 aromatic carbocycles. The summed E-state index contributed by atoms with van der Waals surface area (Å²) in [5, 5.41) is 15.1. The molecule has 0 spiro atoms. The number of piperidine rings is 1. The van der Waals surface area contributed by atoms with Gasteiger partial charge in [-0.1, -0.05) is 76.2 Å². The summed E-state index contributed by atoms with van der Waals surface area (Å²) in [5.41, 5.74) is 3.38. The molecule has 1 N–H and O–H groups in total. The number of amides is 1. The van der Waals surface area contributed by atoms with Gasteiger partial charge in [-0.2, -0.15) is 0 Å². The molecular weight excluding hydrogens is 408 g/mol. The van der Waals surface area contributed by atoms with Gasteiger partial charge in [-0.3, -0.25) is 19.7 Å². The smallest absolute Gasteiger partial charge is 0.319 e. The van der Waals surface area contributed by atoms with Gasteiger partial charge in [0.2, 0.25) is 11.9 Å². The van der Waals surface area contributed by atoms with E-state index < -0.39 is 40.7 Å². The molecule has 1 aliphatic heterocycles. The maximum atomic E-state index is 13.0. The van der Waals surface area contributed by atoms with E-state index in [0.29, 0.717) is 17.0 Å². The van der Waals surface area contributed by atoms with Crippen molar-refractivity contribution >= 4 is 11.9 Å². The van der Waals surface area contributed by atoms with Crippen LogP contribution in [0.25, 0.3) is 0 Å². The molecule has 7 heteroatoms. The third kappa shape index (κ3) is 4.52. The lowest BCUT2D eigenvalue weighted by Gasteiger charge is -2.37. The highest BCUT2D eigenvalue weighted by Crippen LogP contribution is 2.41. The van der Waals surface area contributed by atoms with Crippen molar-refractivity contribution < 1.29 is 19.2 Å². The number of nitro groups is 1. The highest BCUT2D eigenvalue weighted by atomic mass is 16.6. The molecule has 0 radical (unpaired) electrons. The maximum Gasteiger partial charge on any atom is 0.319 e. The van der Waals surface area contributed by atoms with Gasteiger partial charge in [-0.15, -0.1) is 0 Å². The molecule has 1 heterocycles. The van der Waals surface area contributed by atoms with Crippen molar-refractivity contribution in [3.8, 4) is 0 Å². The molecule has 4 unspecified atom stereocenters. The number of nitrogens with zero attached hydrogens (tertiary/aromatic N) is 1. The molecule has 0 saturated carbocycles. The second-order valence-electron chi connectivity index (χ2n) is 8.93. The Balaban J connectivity index is 2.11. The lowest BCUT2D eigenvalue weighted by Crippen LogP contribution is -2.56. The Hall–Kier alpha value is -3.22. The van der Waals surface area contributed by atoms with E-state index in [-0.39, 0.29) is 5.92 Å². The third-order valence-electron chi connectivity index (χ3n) is 6.30. The van der Waals surface area contributed by atoms with Gasteiger partial charge in [0.05, 0.1) is 13.0 Å². The largest absolute Gasteiger partial charge is 0.468 e. The average Bonchev–Trinajstić information content (AvgIpc) is 2.77. The van der Waals surface area contributed by atoms with Gasteiger partial charge in [0.25, 0.3) is 0 Å². The molecule has 1 fully saturated rings. The first-order chi connectivity index (χ1) is 15.1. The van der Waals surface area contributed by atoms with Crippen LogP contribution in [0.2, 0.25) is 0 Å². The number of hydrogen-bond acceptors (Lipinski definition) is 5. The number of carbonyl (C=O) groups is 2. The number of ether oxygens (including phenoxy) is 1. The molecule has 7 nitrogen and oxygen atoms in total. The quantitative estimate of drug-likeness (QED) is 0.313. The van der Waals surface area contributed by atoms with Gasteiger partial charge < -0.3 is 10.1 Å². The van der Waals surface area contributed by atoms with Crippen molar-refractivity contribution in [3.05, 3.63) is 80.9 Å². The van der Waals surface area contributed by atoms with Crippen LogP contribution in [0.15, 0.2) is 48.5 Å². The first-order valence-electron chi connectivity index (χ1n) is 10.9. The van der Waals surface area contributed by atoms with Gasteiger partial charge in [0, 0.05) is 4.92 Å². The molecule has 1 aliphatic rings. The first-order valence-corrected chi connectivity index (χ1v) is 10.9. The van der Waals surface area contributed by atoms with Crippen LogP contribution in [0.3, 0.4) is 0 Å². The van der Waals surface area contributed by atoms with Gasteiger partial charge in [-0.05, 0) is 34.1 Å². The van der Waals surface area contributed by atoms with Crippen LogP contribution < -0.4 is 5.32 Å². The van der Waals surface area contributed by atoms with Gasteiger partial charge in [0.15, 0.2) is 0 Å². The van der Waals surface area contributed by atoms with Crippen molar-refractivity contribution in [1.29, 1.82) is 0 Å². The van der Waals surface area contributed by atoms with E-state index in [4.69, 9.17) is 4.74 Å². The van der Waals surface area contributed by atoms with Crippen LogP contribution in [0, 0.1) is 16.0 Å². The summed E-state index contributed by atoms with van der Waals surface area (Å²) >= 11 is 0. The minimum atomic E-state index is -1.30. The maximum absolute atomic E-state index is 13.0. The zero-order valence-electron chi connectivity index (χ0n) is 19.1. The van der Waals surface area contributed by atoms with E-state index in [1.807, 2.05) is 36.4 Å². The molecule has 1 saturated heterocycles. The van der Waals surface area contributed by atoms with Crippen molar-refractivity contribution in [3.63, 3.8) is 0 Å². The van der Waals surface area contributed by atoms with Crippen molar-refractivity contribution in [2.24, 2.45) is 5.92 Å². The Morgan fingerprint density at radius 1 is 0.938 bits per heavy atom. The van der Waals surface area contributed by atoms with E-state index in [9.17, 15) is 19.7 Å². The molecule has 3 rings (SSSR count). The van der Waals surface area contributed by atoms with E-state index in [1.165, 1.54) is 7.11 Å². The Labute approximate surface area is 188 Å². The van der Waals surface area contributed by atoms with Crippen LogP contribution in [-0.2, 0) is 14.3 Å². The minimum Gasteiger partial charge on any atom is -0.468 e. The standard InChI is InChI=1S/C25H30N2O5/c1-14(2)16-6-10-18(11-7-16)20-21(25(29)32-5)24(28)26-22(23(20)27(30)31)19-12-8-17(9-13-19)15(3)4/h6-15,20-23H,1-5H3,(H,26,28). The summed E-state index contributed by atoms with van der Waals surface area (Å²) in [4.78, 5) is 37.6. The predicted octanol–water partition coefficient (Wildman–Crippen LogP) is 4.32. The SMILES string of the molecule is COC(=O)C1C(=O)NC(c2ccc(C(C)C)cc2)C([N+](=O)[O-])C1c1ccc(C(C)C)cc1. The number of rotatable bonds is 6. The highest BCUT2D eigenvalue weighted by Gasteiger charge is 2.55. The average molecular weight is 439 g/mol. The number of nitrogens with one attached hydrogen (secondary N) is 1. The third-order valence-corrected chi connectivity index (χ3v) is 6.30. The molecule has 0 aliphatic carbocycles. The molecular formula is C25H30N2O5. The van der Waals surface area contributed by atoms with Crippen LogP contribution in [0.5, 0.6) is 0 Å². The Morgan fingerprint density at radius 2 is 1.41 bits per heavy atom. The fourth-order valence-corrected chi connectivity index (χ4v) is 4.39. The molecule has 170 valence electrons. The Bertz CT molecular complexity index is 982. The van der Waals surface area contributed by atoms with Crippen LogP contribution >= 0.6 is 0 Å². The summed E-state index contributed by atoms with van der Waals surface area (Å²) in [6.45, 7) is 8.23. The van der Waals surface area contributed by atoms with Gasteiger partial charge >= 0.3 is 5.97 Å². The van der Waals surface area contributed by atoms with Crippen molar-refractivity contribution in [2.45, 2.75) is 57.5 Å². The second kappa shape index (κ2) is 9.51. The van der Waals surface area contributed by atoms with Crippen LogP contribution in [-0.4, -0.2) is 30.0 Å². The lowest BCUT2D eigenvalue weighted by molar-refractivity contribution is -0.534. The van der Waals surface area contributed by atoms with Gasteiger partial charge in [-0.25, -0.2) is 0 Å². The van der Waals surface area contributed by atoms with E-state index in [1.54, 1.807) is 12.1 Å². The van der Waals surface area contributed by atoms with E-state index in [2.05, 4.69) is 33.0 Å². The van der Waals surface area contributed by atoms with Crippen LogP contribution in [0.1, 0.15) is 73.7 Å². The zero-order valence-corrected chi connectivity index (χ0v) is 19.1. The Kier molecular flexibility index (Phi) is 6.96. The van der Waals surface area contributed by atoms with Gasteiger partial charge in [0.1, 0.15) is 12.0 Å². The topological polar surface area (TPSA) is 98.5 Å². The lowest BCUT2D eigenvalue weighted by atomic mass is 9.72.